The highest BCUT2D eigenvalue weighted by Crippen LogP contribution is 2.28. The summed E-state index contributed by atoms with van der Waals surface area (Å²) in [4.78, 5) is 50.6. The number of ether oxygens (including phenoxy) is 1. The van der Waals surface area contributed by atoms with E-state index in [4.69, 9.17) is 4.74 Å². The summed E-state index contributed by atoms with van der Waals surface area (Å²) in [5.41, 5.74) is 1.61. The fourth-order valence-corrected chi connectivity index (χ4v) is 3.78. The average Bonchev–Trinajstić information content (AvgIpc) is 3.14. The van der Waals surface area contributed by atoms with Gasteiger partial charge in [0.2, 0.25) is 5.78 Å². The zero-order valence-electron chi connectivity index (χ0n) is 17.5. The number of Topliss-reactive ketones (excluding diaryl/α,β-unsaturated/α-hetero) is 1. The Morgan fingerprint density at radius 2 is 1.80 bits per heavy atom. The molecule has 1 fully saturated rings. The topological polar surface area (TPSA) is 97.7 Å². The number of carbonyl (C=O) groups is 4. The van der Waals surface area contributed by atoms with Crippen LogP contribution in [0.15, 0.2) is 36.4 Å². The molecule has 3 amide bonds. The summed E-state index contributed by atoms with van der Waals surface area (Å²) in [5, 5.41) is 2.63. The van der Waals surface area contributed by atoms with Gasteiger partial charge in [-0.05, 0) is 39.3 Å². The van der Waals surface area contributed by atoms with Crippen LogP contribution in [-0.4, -0.2) is 46.3 Å². The highest BCUT2D eigenvalue weighted by molar-refractivity contribution is 6.09. The summed E-state index contributed by atoms with van der Waals surface area (Å²) in [7, 11) is 0. The van der Waals surface area contributed by atoms with Crippen LogP contribution in [0.1, 0.15) is 41.2 Å². The number of imide groups is 1. The van der Waals surface area contributed by atoms with Crippen molar-refractivity contribution in [3.8, 4) is 0 Å². The molecule has 0 unspecified atom stereocenters. The second-order valence-corrected chi connectivity index (χ2v) is 7.43. The molecule has 1 N–H and O–H groups in total. The number of hydrogen-bond donors (Lipinski definition) is 1. The van der Waals surface area contributed by atoms with Crippen LogP contribution in [0.25, 0.3) is 0 Å². The number of amides is 3. The van der Waals surface area contributed by atoms with Crippen molar-refractivity contribution in [2.75, 3.05) is 13.2 Å². The molecule has 8 nitrogen and oxygen atoms in total. The SMILES string of the molecule is CCn1c(C)cc(C(=O)COC(=O)CN2C(=O)N[C@@](C)(c3ccccc3)C2=O)c1C. The van der Waals surface area contributed by atoms with Gasteiger partial charge in [0.15, 0.2) is 6.61 Å². The van der Waals surface area contributed by atoms with E-state index in [-0.39, 0.29) is 5.78 Å². The third-order valence-corrected chi connectivity index (χ3v) is 5.47. The molecule has 0 aliphatic carbocycles. The predicted molar refractivity (Wildman–Crippen MR) is 109 cm³/mol. The van der Waals surface area contributed by atoms with Gasteiger partial charge in [0.1, 0.15) is 12.1 Å². The lowest BCUT2D eigenvalue weighted by molar-refractivity contribution is -0.146. The maximum Gasteiger partial charge on any atom is 0.326 e. The van der Waals surface area contributed by atoms with Crippen molar-refractivity contribution in [3.05, 3.63) is 58.9 Å². The molecule has 3 rings (SSSR count). The van der Waals surface area contributed by atoms with Crippen molar-refractivity contribution >= 4 is 23.7 Å². The lowest BCUT2D eigenvalue weighted by Gasteiger charge is -2.21. The normalized spacial score (nSPS) is 18.5. The summed E-state index contributed by atoms with van der Waals surface area (Å²) in [6, 6.07) is 9.87. The second-order valence-electron chi connectivity index (χ2n) is 7.43. The van der Waals surface area contributed by atoms with Crippen LogP contribution in [0, 0.1) is 13.8 Å². The van der Waals surface area contributed by atoms with E-state index in [9.17, 15) is 19.2 Å². The number of benzene rings is 1. The van der Waals surface area contributed by atoms with E-state index in [1.165, 1.54) is 0 Å². The summed E-state index contributed by atoms with van der Waals surface area (Å²) >= 11 is 0. The molecule has 1 aliphatic rings. The lowest BCUT2D eigenvalue weighted by atomic mass is 9.92. The highest BCUT2D eigenvalue weighted by Gasteiger charge is 2.49. The largest absolute Gasteiger partial charge is 0.456 e. The van der Waals surface area contributed by atoms with E-state index in [1.807, 2.05) is 25.3 Å². The van der Waals surface area contributed by atoms with Gasteiger partial charge in [0.05, 0.1) is 0 Å². The maximum atomic E-state index is 12.8. The molecular formula is C22H25N3O5. The van der Waals surface area contributed by atoms with E-state index in [1.54, 1.807) is 43.3 Å². The number of nitrogens with zero attached hydrogens (tertiary/aromatic N) is 2. The van der Waals surface area contributed by atoms with Crippen molar-refractivity contribution in [1.29, 1.82) is 0 Å². The van der Waals surface area contributed by atoms with Crippen molar-refractivity contribution in [1.82, 2.24) is 14.8 Å². The van der Waals surface area contributed by atoms with Crippen molar-refractivity contribution < 1.29 is 23.9 Å². The Balaban J connectivity index is 1.63. The fourth-order valence-electron chi connectivity index (χ4n) is 3.78. The van der Waals surface area contributed by atoms with E-state index >= 15 is 0 Å². The van der Waals surface area contributed by atoms with Gasteiger partial charge < -0.3 is 14.6 Å². The van der Waals surface area contributed by atoms with Gasteiger partial charge in [-0.25, -0.2) is 4.79 Å². The second kappa shape index (κ2) is 8.14. The molecule has 1 aliphatic heterocycles. The van der Waals surface area contributed by atoms with Gasteiger partial charge in [-0.3, -0.25) is 19.3 Å². The summed E-state index contributed by atoms with van der Waals surface area (Å²) in [6.45, 7) is 7.03. The first-order valence-electron chi connectivity index (χ1n) is 9.74. The van der Waals surface area contributed by atoms with Crippen LogP contribution in [0.5, 0.6) is 0 Å². The van der Waals surface area contributed by atoms with Gasteiger partial charge >= 0.3 is 12.0 Å². The minimum atomic E-state index is -1.26. The average molecular weight is 411 g/mol. The summed E-state index contributed by atoms with van der Waals surface area (Å²) in [6.07, 6.45) is 0. The van der Waals surface area contributed by atoms with Crippen molar-refractivity contribution in [2.45, 2.75) is 39.8 Å². The maximum absolute atomic E-state index is 12.8. The highest BCUT2D eigenvalue weighted by atomic mass is 16.5. The number of nitrogens with one attached hydrogen (secondary N) is 1. The number of urea groups is 1. The quantitative estimate of drug-likeness (QED) is 0.428. The van der Waals surface area contributed by atoms with Gasteiger partial charge in [-0.1, -0.05) is 30.3 Å². The van der Waals surface area contributed by atoms with E-state index < -0.39 is 36.6 Å². The number of ketones is 1. The Morgan fingerprint density at radius 1 is 1.13 bits per heavy atom. The van der Waals surface area contributed by atoms with Gasteiger partial charge in [-0.2, -0.15) is 0 Å². The number of carbonyl (C=O) groups excluding carboxylic acids is 4. The van der Waals surface area contributed by atoms with Crippen LogP contribution < -0.4 is 5.32 Å². The molecule has 1 atom stereocenters. The Morgan fingerprint density at radius 3 is 2.40 bits per heavy atom. The third-order valence-electron chi connectivity index (χ3n) is 5.47. The van der Waals surface area contributed by atoms with Crippen LogP contribution in [0.3, 0.4) is 0 Å². The predicted octanol–water partition coefficient (Wildman–Crippen LogP) is 2.32. The Labute approximate surface area is 174 Å². The molecule has 0 spiro atoms. The van der Waals surface area contributed by atoms with E-state index in [0.717, 1.165) is 22.8 Å². The molecule has 0 saturated carbocycles. The van der Waals surface area contributed by atoms with E-state index in [0.29, 0.717) is 11.1 Å². The van der Waals surface area contributed by atoms with Crippen LogP contribution in [-0.2, 0) is 26.4 Å². The molecular weight excluding hydrogens is 386 g/mol. The number of esters is 1. The molecule has 30 heavy (non-hydrogen) atoms. The van der Waals surface area contributed by atoms with Crippen molar-refractivity contribution in [3.63, 3.8) is 0 Å². The number of aromatic nitrogens is 1. The molecule has 2 aromatic rings. The Hall–Kier alpha value is -3.42. The van der Waals surface area contributed by atoms with Crippen LogP contribution >= 0.6 is 0 Å². The number of rotatable bonds is 7. The van der Waals surface area contributed by atoms with Gasteiger partial charge in [0.25, 0.3) is 5.91 Å². The molecule has 0 radical (unpaired) electrons. The van der Waals surface area contributed by atoms with Crippen LogP contribution in [0.2, 0.25) is 0 Å². The Bertz CT molecular complexity index is 1010. The monoisotopic (exact) mass is 411 g/mol. The van der Waals surface area contributed by atoms with Crippen molar-refractivity contribution in [2.24, 2.45) is 0 Å². The summed E-state index contributed by atoms with van der Waals surface area (Å²) < 4.78 is 7.05. The first kappa shape index (κ1) is 21.3. The molecule has 1 saturated heterocycles. The molecule has 2 heterocycles. The molecule has 8 heteroatoms. The first-order valence-corrected chi connectivity index (χ1v) is 9.74. The minimum absolute atomic E-state index is 0.331. The molecule has 0 bridgehead atoms. The third kappa shape index (κ3) is 3.72. The van der Waals surface area contributed by atoms with Gasteiger partial charge in [0, 0.05) is 23.5 Å². The molecule has 158 valence electrons. The molecule has 1 aromatic heterocycles. The zero-order valence-corrected chi connectivity index (χ0v) is 17.5. The fraction of sp³-hybridized carbons (Fsp3) is 0.364. The zero-order chi connectivity index (χ0) is 22.1. The van der Waals surface area contributed by atoms with Gasteiger partial charge in [-0.15, -0.1) is 0 Å². The summed E-state index contributed by atoms with van der Waals surface area (Å²) in [5.74, 6) is -1.70. The number of hydrogen-bond acceptors (Lipinski definition) is 5. The van der Waals surface area contributed by atoms with E-state index in [2.05, 4.69) is 5.32 Å². The number of aryl methyl sites for hydroxylation is 1. The molecule has 1 aromatic carbocycles. The minimum Gasteiger partial charge on any atom is -0.456 e. The lowest BCUT2D eigenvalue weighted by Crippen LogP contribution is -2.41. The Kier molecular flexibility index (Phi) is 5.78. The standard InChI is InChI=1S/C22H25N3O5/c1-5-24-14(2)11-17(15(24)3)18(26)13-30-19(27)12-25-20(28)22(4,23-21(25)29)16-9-7-6-8-10-16/h6-11H,5,12-13H2,1-4H3,(H,23,29)/t22-/m0/s1. The van der Waals surface area contributed by atoms with Crippen LogP contribution in [0.4, 0.5) is 4.79 Å². The first-order chi connectivity index (χ1) is 14.2. The smallest absolute Gasteiger partial charge is 0.326 e.